The van der Waals surface area contributed by atoms with Gasteiger partial charge >= 0.3 is 0 Å². The second kappa shape index (κ2) is 3.51. The van der Waals surface area contributed by atoms with Crippen LogP contribution in [0.3, 0.4) is 0 Å². The summed E-state index contributed by atoms with van der Waals surface area (Å²) < 4.78 is 27.1. The van der Waals surface area contributed by atoms with E-state index in [1.165, 1.54) is 19.4 Å². The van der Waals surface area contributed by atoms with Crippen molar-refractivity contribution in [3.8, 4) is 5.88 Å². The van der Waals surface area contributed by atoms with Crippen molar-refractivity contribution in [1.29, 1.82) is 0 Å². The van der Waals surface area contributed by atoms with Crippen LogP contribution < -0.4 is 4.74 Å². The Labute approximate surface area is 81.4 Å². The highest BCUT2D eigenvalue weighted by Gasteiger charge is 2.13. The molecule has 0 saturated carbocycles. The third-order valence-corrected chi connectivity index (χ3v) is 2.95. The molecule has 0 unspecified atom stereocenters. The molecule has 0 aromatic carbocycles. The molecule has 13 heavy (non-hydrogen) atoms. The number of methoxy groups -OCH3 is 1. The fourth-order valence-electron chi connectivity index (χ4n) is 0.798. The molecule has 6 heteroatoms. The average molecular weight is 222 g/mol. The molecule has 1 aromatic rings. The predicted molar refractivity (Wildman–Crippen MR) is 48.9 cm³/mol. The van der Waals surface area contributed by atoms with Crippen LogP contribution in [0.15, 0.2) is 17.2 Å². The smallest absolute Gasteiger partial charge is 0.214 e. The average Bonchev–Trinajstić information content (AvgIpc) is 2.03. The first-order chi connectivity index (χ1) is 5.95. The Morgan fingerprint density at radius 1 is 1.54 bits per heavy atom. The minimum Gasteiger partial charge on any atom is -0.481 e. The van der Waals surface area contributed by atoms with Crippen LogP contribution in [0.4, 0.5) is 0 Å². The summed E-state index contributed by atoms with van der Waals surface area (Å²) in [6.45, 7) is 0. The SMILES string of the molecule is COc1cc(S(C)(=O)=O)c(Cl)cn1. The maximum Gasteiger partial charge on any atom is 0.214 e. The Kier molecular flexibility index (Phi) is 2.77. The van der Waals surface area contributed by atoms with E-state index in [4.69, 9.17) is 16.3 Å². The molecule has 0 aliphatic carbocycles. The summed E-state index contributed by atoms with van der Waals surface area (Å²) in [6, 6.07) is 1.29. The number of rotatable bonds is 2. The van der Waals surface area contributed by atoms with Crippen LogP contribution in [0, 0.1) is 0 Å². The third-order valence-electron chi connectivity index (χ3n) is 1.40. The topological polar surface area (TPSA) is 56.3 Å². The van der Waals surface area contributed by atoms with Crippen molar-refractivity contribution in [1.82, 2.24) is 4.98 Å². The van der Waals surface area contributed by atoms with Gasteiger partial charge in [0.15, 0.2) is 9.84 Å². The highest BCUT2D eigenvalue weighted by Crippen LogP contribution is 2.23. The van der Waals surface area contributed by atoms with Gasteiger partial charge in [-0.15, -0.1) is 0 Å². The van der Waals surface area contributed by atoms with Crippen LogP contribution in [0.1, 0.15) is 0 Å². The van der Waals surface area contributed by atoms with E-state index < -0.39 is 9.84 Å². The van der Waals surface area contributed by atoms with Gasteiger partial charge in [0.25, 0.3) is 0 Å². The molecule has 0 N–H and O–H groups in total. The molecule has 0 bridgehead atoms. The Morgan fingerprint density at radius 3 is 2.62 bits per heavy atom. The Hall–Kier alpha value is -0.810. The van der Waals surface area contributed by atoms with Crippen molar-refractivity contribution in [2.45, 2.75) is 4.90 Å². The van der Waals surface area contributed by atoms with Gasteiger partial charge in [-0.2, -0.15) is 0 Å². The Morgan fingerprint density at radius 2 is 2.15 bits per heavy atom. The summed E-state index contributed by atoms with van der Waals surface area (Å²) in [4.78, 5) is 3.78. The summed E-state index contributed by atoms with van der Waals surface area (Å²) in [5, 5.41) is 0.100. The van der Waals surface area contributed by atoms with Crippen molar-refractivity contribution < 1.29 is 13.2 Å². The summed E-state index contributed by atoms with van der Waals surface area (Å²) in [6.07, 6.45) is 2.32. The van der Waals surface area contributed by atoms with Crippen molar-refractivity contribution in [3.05, 3.63) is 17.3 Å². The molecule has 0 saturated heterocycles. The molecule has 0 atom stereocenters. The molecule has 1 heterocycles. The monoisotopic (exact) mass is 221 g/mol. The summed E-state index contributed by atoms with van der Waals surface area (Å²) in [5.74, 6) is 0.227. The number of pyridine rings is 1. The molecule has 0 spiro atoms. The van der Waals surface area contributed by atoms with Gasteiger partial charge in [0.1, 0.15) is 0 Å². The first-order valence-corrected chi connectivity index (χ1v) is 5.61. The predicted octanol–water partition coefficient (Wildman–Crippen LogP) is 1.15. The van der Waals surface area contributed by atoms with E-state index in [0.717, 1.165) is 6.26 Å². The molecule has 1 aromatic heterocycles. The molecular weight excluding hydrogens is 214 g/mol. The quantitative estimate of drug-likeness (QED) is 0.752. The maximum absolute atomic E-state index is 11.2. The fraction of sp³-hybridized carbons (Fsp3) is 0.286. The van der Waals surface area contributed by atoms with Gasteiger partial charge in [-0.25, -0.2) is 13.4 Å². The zero-order valence-electron chi connectivity index (χ0n) is 7.11. The zero-order valence-corrected chi connectivity index (χ0v) is 8.69. The van der Waals surface area contributed by atoms with Crippen LogP contribution in [0.2, 0.25) is 5.02 Å². The van der Waals surface area contributed by atoms with Crippen LogP contribution >= 0.6 is 11.6 Å². The molecule has 0 aliphatic rings. The van der Waals surface area contributed by atoms with Gasteiger partial charge in [-0.3, -0.25) is 0 Å². The second-order valence-corrected chi connectivity index (χ2v) is 4.82. The van der Waals surface area contributed by atoms with E-state index in [-0.39, 0.29) is 15.8 Å². The van der Waals surface area contributed by atoms with Gasteiger partial charge in [-0.1, -0.05) is 11.6 Å². The minimum atomic E-state index is -3.32. The van der Waals surface area contributed by atoms with Crippen LogP contribution in [0.25, 0.3) is 0 Å². The van der Waals surface area contributed by atoms with E-state index in [0.29, 0.717) is 0 Å². The zero-order chi connectivity index (χ0) is 10.1. The largest absolute Gasteiger partial charge is 0.481 e. The minimum absolute atomic E-state index is 0.0287. The van der Waals surface area contributed by atoms with Crippen molar-refractivity contribution in [3.63, 3.8) is 0 Å². The maximum atomic E-state index is 11.2. The lowest BCUT2D eigenvalue weighted by atomic mass is 10.5. The number of aromatic nitrogens is 1. The summed E-state index contributed by atoms with van der Waals surface area (Å²) >= 11 is 5.64. The van der Waals surface area contributed by atoms with Gasteiger partial charge in [0.2, 0.25) is 5.88 Å². The number of sulfone groups is 1. The lowest BCUT2D eigenvalue weighted by Gasteiger charge is -2.03. The Bertz CT molecular complexity index is 416. The normalized spacial score (nSPS) is 11.3. The Balaban J connectivity index is 3.36. The van der Waals surface area contributed by atoms with Gasteiger partial charge in [-0.05, 0) is 0 Å². The van der Waals surface area contributed by atoms with Crippen LogP contribution in [-0.2, 0) is 9.84 Å². The van der Waals surface area contributed by atoms with E-state index >= 15 is 0 Å². The molecule has 0 radical (unpaired) electrons. The molecule has 0 amide bonds. The van der Waals surface area contributed by atoms with Crippen molar-refractivity contribution in [2.24, 2.45) is 0 Å². The standard InChI is InChI=1S/C7H8ClNO3S/c1-12-7-3-6(13(2,10)11)5(8)4-9-7/h3-4H,1-2H3. The van der Waals surface area contributed by atoms with Gasteiger partial charge < -0.3 is 4.74 Å². The molecule has 72 valence electrons. The van der Waals surface area contributed by atoms with Crippen molar-refractivity contribution in [2.75, 3.05) is 13.4 Å². The summed E-state index contributed by atoms with van der Waals surface area (Å²) in [7, 11) is -1.91. The molecule has 0 fully saturated rings. The molecule has 4 nitrogen and oxygen atoms in total. The molecule has 1 rings (SSSR count). The van der Waals surface area contributed by atoms with Crippen molar-refractivity contribution >= 4 is 21.4 Å². The number of hydrogen-bond donors (Lipinski definition) is 0. The third kappa shape index (κ3) is 2.32. The lowest BCUT2D eigenvalue weighted by molar-refractivity contribution is 0.396. The number of hydrogen-bond acceptors (Lipinski definition) is 4. The molecule has 0 aliphatic heterocycles. The van der Waals surface area contributed by atoms with E-state index in [1.54, 1.807) is 0 Å². The number of halogens is 1. The van der Waals surface area contributed by atoms with E-state index in [9.17, 15) is 8.42 Å². The van der Waals surface area contributed by atoms with Gasteiger partial charge in [0.05, 0.1) is 23.2 Å². The van der Waals surface area contributed by atoms with E-state index in [2.05, 4.69) is 4.98 Å². The second-order valence-electron chi connectivity index (χ2n) is 2.43. The molecular formula is C7H8ClNO3S. The fourth-order valence-corrected chi connectivity index (χ4v) is 2.04. The lowest BCUT2D eigenvalue weighted by Crippen LogP contribution is -1.99. The number of ether oxygens (including phenoxy) is 1. The highest BCUT2D eigenvalue weighted by molar-refractivity contribution is 7.90. The number of nitrogens with zero attached hydrogens (tertiary/aromatic N) is 1. The van der Waals surface area contributed by atoms with E-state index in [1.807, 2.05) is 0 Å². The van der Waals surface area contributed by atoms with Crippen LogP contribution in [0.5, 0.6) is 5.88 Å². The highest BCUT2D eigenvalue weighted by atomic mass is 35.5. The first-order valence-electron chi connectivity index (χ1n) is 3.34. The van der Waals surface area contributed by atoms with Gasteiger partial charge in [0, 0.05) is 12.3 Å². The first kappa shape index (κ1) is 10.3. The van der Waals surface area contributed by atoms with Crippen LogP contribution in [-0.4, -0.2) is 26.8 Å². The summed E-state index contributed by atoms with van der Waals surface area (Å²) in [5.41, 5.74) is 0.